The van der Waals surface area contributed by atoms with Crippen LogP contribution in [-0.4, -0.2) is 31.0 Å². The summed E-state index contributed by atoms with van der Waals surface area (Å²) in [6.07, 6.45) is 5.65. The zero-order chi connectivity index (χ0) is 12.4. The van der Waals surface area contributed by atoms with Crippen LogP contribution >= 0.6 is 0 Å². The normalized spacial score (nSPS) is 13.1. The zero-order valence-corrected chi connectivity index (χ0v) is 11.9. The first-order valence-corrected chi connectivity index (χ1v) is 9.77. The SMILES string of the molecule is C[Si](C)(C)C#C[C@H](O)CCCCCCCO. The molecule has 0 fully saturated rings. The molecule has 0 saturated heterocycles. The Morgan fingerprint density at radius 3 is 2.12 bits per heavy atom. The van der Waals surface area contributed by atoms with E-state index in [0.717, 1.165) is 38.5 Å². The van der Waals surface area contributed by atoms with E-state index in [0.29, 0.717) is 6.61 Å². The molecule has 1 atom stereocenters. The lowest BCUT2D eigenvalue weighted by Gasteiger charge is -2.06. The van der Waals surface area contributed by atoms with E-state index in [-0.39, 0.29) is 0 Å². The minimum Gasteiger partial charge on any atom is -0.396 e. The van der Waals surface area contributed by atoms with Crippen LogP contribution in [0.2, 0.25) is 19.6 Å². The molecule has 0 unspecified atom stereocenters. The third kappa shape index (κ3) is 11.8. The van der Waals surface area contributed by atoms with E-state index in [4.69, 9.17) is 5.11 Å². The van der Waals surface area contributed by atoms with E-state index in [9.17, 15) is 5.11 Å². The van der Waals surface area contributed by atoms with Gasteiger partial charge in [-0.15, -0.1) is 5.54 Å². The van der Waals surface area contributed by atoms with Crippen molar-refractivity contribution in [2.75, 3.05) is 6.61 Å². The second kappa shape index (κ2) is 8.80. The lowest BCUT2D eigenvalue weighted by molar-refractivity contribution is 0.216. The summed E-state index contributed by atoms with van der Waals surface area (Å²) in [6, 6.07) is 0. The van der Waals surface area contributed by atoms with Gasteiger partial charge in [-0.25, -0.2) is 0 Å². The first kappa shape index (κ1) is 15.7. The molecule has 0 aliphatic carbocycles. The van der Waals surface area contributed by atoms with Gasteiger partial charge in [0.05, 0.1) is 0 Å². The average Bonchev–Trinajstić information content (AvgIpc) is 2.19. The maximum Gasteiger partial charge on any atom is 0.129 e. The lowest BCUT2D eigenvalue weighted by atomic mass is 10.1. The number of hydrogen-bond donors (Lipinski definition) is 2. The highest BCUT2D eigenvalue weighted by molar-refractivity contribution is 6.83. The monoisotopic (exact) mass is 242 g/mol. The molecule has 0 aliphatic rings. The molecule has 16 heavy (non-hydrogen) atoms. The van der Waals surface area contributed by atoms with Crippen molar-refractivity contribution in [3.63, 3.8) is 0 Å². The average molecular weight is 242 g/mol. The van der Waals surface area contributed by atoms with E-state index >= 15 is 0 Å². The Kier molecular flexibility index (Phi) is 8.64. The van der Waals surface area contributed by atoms with Gasteiger partial charge in [0.2, 0.25) is 0 Å². The van der Waals surface area contributed by atoms with Gasteiger partial charge in [0, 0.05) is 6.61 Å². The lowest BCUT2D eigenvalue weighted by Crippen LogP contribution is -2.17. The molecule has 0 rings (SSSR count). The van der Waals surface area contributed by atoms with Crippen LogP contribution in [0.15, 0.2) is 0 Å². The van der Waals surface area contributed by atoms with Crippen molar-refractivity contribution in [3.8, 4) is 11.5 Å². The molecule has 0 bridgehead atoms. The van der Waals surface area contributed by atoms with Crippen molar-refractivity contribution in [3.05, 3.63) is 0 Å². The summed E-state index contributed by atoms with van der Waals surface area (Å²) in [7, 11) is -1.33. The molecule has 0 aromatic heterocycles. The van der Waals surface area contributed by atoms with E-state index in [2.05, 4.69) is 31.1 Å². The fraction of sp³-hybridized carbons (Fsp3) is 0.846. The van der Waals surface area contributed by atoms with E-state index < -0.39 is 14.2 Å². The van der Waals surface area contributed by atoms with Crippen molar-refractivity contribution in [1.82, 2.24) is 0 Å². The van der Waals surface area contributed by atoms with Crippen molar-refractivity contribution in [2.45, 2.75) is 64.3 Å². The van der Waals surface area contributed by atoms with Crippen LogP contribution in [0.4, 0.5) is 0 Å². The predicted octanol–water partition coefficient (Wildman–Crippen LogP) is 2.56. The summed E-state index contributed by atoms with van der Waals surface area (Å²) in [5.41, 5.74) is 3.19. The van der Waals surface area contributed by atoms with Gasteiger partial charge in [-0.2, -0.15) is 0 Å². The molecular formula is C13H26O2Si. The predicted molar refractivity (Wildman–Crippen MR) is 71.9 cm³/mol. The summed E-state index contributed by atoms with van der Waals surface area (Å²) in [5, 5.41) is 18.2. The van der Waals surface area contributed by atoms with Gasteiger partial charge < -0.3 is 10.2 Å². The summed E-state index contributed by atoms with van der Waals surface area (Å²) in [5.74, 6) is 2.95. The Labute approximate surface area is 101 Å². The highest BCUT2D eigenvalue weighted by atomic mass is 28.3. The number of unbranched alkanes of at least 4 members (excludes halogenated alkanes) is 4. The highest BCUT2D eigenvalue weighted by Gasteiger charge is 2.08. The molecule has 0 heterocycles. The van der Waals surface area contributed by atoms with Crippen LogP contribution < -0.4 is 0 Å². The minimum absolute atomic E-state index is 0.296. The Morgan fingerprint density at radius 2 is 1.56 bits per heavy atom. The van der Waals surface area contributed by atoms with Gasteiger partial charge in [-0.3, -0.25) is 0 Å². The van der Waals surface area contributed by atoms with E-state index in [1.165, 1.54) is 0 Å². The molecule has 3 heteroatoms. The Morgan fingerprint density at radius 1 is 1.00 bits per heavy atom. The fourth-order valence-corrected chi connectivity index (χ4v) is 1.95. The van der Waals surface area contributed by atoms with Crippen LogP contribution in [0.1, 0.15) is 38.5 Å². The van der Waals surface area contributed by atoms with Gasteiger partial charge in [-0.05, 0) is 19.3 Å². The van der Waals surface area contributed by atoms with Crippen LogP contribution in [0.25, 0.3) is 0 Å². The van der Waals surface area contributed by atoms with Crippen molar-refractivity contribution < 1.29 is 10.2 Å². The van der Waals surface area contributed by atoms with Gasteiger partial charge in [0.15, 0.2) is 0 Å². The van der Waals surface area contributed by atoms with Crippen LogP contribution in [-0.2, 0) is 0 Å². The number of aliphatic hydroxyl groups is 2. The van der Waals surface area contributed by atoms with Crippen molar-refractivity contribution in [1.29, 1.82) is 0 Å². The second-order valence-electron chi connectivity index (χ2n) is 5.32. The quantitative estimate of drug-likeness (QED) is 0.409. The maximum atomic E-state index is 9.62. The van der Waals surface area contributed by atoms with E-state index in [1.807, 2.05) is 0 Å². The van der Waals surface area contributed by atoms with Gasteiger partial charge in [0.25, 0.3) is 0 Å². The topological polar surface area (TPSA) is 40.5 Å². The summed E-state index contributed by atoms with van der Waals surface area (Å²) in [4.78, 5) is 0. The standard InChI is InChI=1S/C13H26O2Si/c1-16(2,3)12-10-13(15)9-7-5-4-6-8-11-14/h13-15H,4-9,11H2,1-3H3/t13-/m1/s1. The third-order valence-corrected chi connectivity index (χ3v) is 3.14. The van der Waals surface area contributed by atoms with Gasteiger partial charge in [-0.1, -0.05) is 44.8 Å². The Bertz CT molecular complexity index is 222. The Hall–Kier alpha value is -0.303. The molecule has 0 radical (unpaired) electrons. The molecule has 0 spiro atoms. The minimum atomic E-state index is -1.33. The van der Waals surface area contributed by atoms with Crippen molar-refractivity contribution >= 4 is 8.07 Å². The van der Waals surface area contributed by atoms with Gasteiger partial charge in [0.1, 0.15) is 14.2 Å². The molecule has 2 N–H and O–H groups in total. The summed E-state index contributed by atoms with van der Waals surface area (Å²) < 4.78 is 0. The van der Waals surface area contributed by atoms with Crippen LogP contribution in [0.3, 0.4) is 0 Å². The Balaban J connectivity index is 3.50. The summed E-state index contributed by atoms with van der Waals surface area (Å²) >= 11 is 0. The molecule has 94 valence electrons. The smallest absolute Gasteiger partial charge is 0.129 e. The second-order valence-corrected chi connectivity index (χ2v) is 10.1. The highest BCUT2D eigenvalue weighted by Crippen LogP contribution is 2.07. The molecule has 0 amide bonds. The third-order valence-electron chi connectivity index (χ3n) is 2.25. The molecule has 2 nitrogen and oxygen atoms in total. The first-order valence-electron chi connectivity index (χ1n) is 6.27. The van der Waals surface area contributed by atoms with Gasteiger partial charge >= 0.3 is 0 Å². The van der Waals surface area contributed by atoms with E-state index in [1.54, 1.807) is 0 Å². The number of hydrogen-bond acceptors (Lipinski definition) is 2. The van der Waals surface area contributed by atoms with Crippen molar-refractivity contribution in [2.24, 2.45) is 0 Å². The molecule has 0 saturated carbocycles. The fourth-order valence-electron chi connectivity index (χ4n) is 1.35. The maximum absolute atomic E-state index is 9.62. The molecule has 0 aromatic carbocycles. The molecule has 0 aromatic rings. The number of aliphatic hydroxyl groups excluding tert-OH is 2. The summed E-state index contributed by atoms with van der Waals surface area (Å²) in [6.45, 7) is 6.84. The van der Waals surface area contributed by atoms with Crippen LogP contribution in [0.5, 0.6) is 0 Å². The largest absolute Gasteiger partial charge is 0.396 e. The molecule has 0 aliphatic heterocycles. The molecular weight excluding hydrogens is 216 g/mol. The van der Waals surface area contributed by atoms with Crippen LogP contribution in [0, 0.1) is 11.5 Å². The number of rotatable bonds is 7. The zero-order valence-electron chi connectivity index (χ0n) is 10.9. The first-order chi connectivity index (χ1) is 7.45.